The lowest BCUT2D eigenvalue weighted by molar-refractivity contribution is -0.173. The Balaban J connectivity index is 1.59. The molecule has 3 heterocycles. The maximum atomic E-state index is 12.5. The van der Waals surface area contributed by atoms with Crippen LogP contribution in [0.5, 0.6) is 6.08 Å². The molecule has 0 bridgehead atoms. The van der Waals surface area contributed by atoms with Crippen LogP contribution in [0.25, 0.3) is 22.3 Å². The first-order valence-corrected chi connectivity index (χ1v) is 9.75. The number of hydrogen-bond acceptors (Lipinski definition) is 7. The molecular formula is C21H17ClN4O5. The second-order valence-electron chi connectivity index (χ2n) is 6.89. The molecule has 0 saturated heterocycles. The van der Waals surface area contributed by atoms with E-state index in [4.69, 9.17) is 30.4 Å². The average molecular weight is 441 g/mol. The number of fused-ring (bicyclic) bond motifs is 3. The third kappa shape index (κ3) is 3.28. The zero-order chi connectivity index (χ0) is 21.5. The molecule has 0 saturated carbocycles. The van der Waals surface area contributed by atoms with Gasteiger partial charge in [0.25, 0.3) is 0 Å². The van der Waals surface area contributed by atoms with E-state index in [9.17, 15) is 4.79 Å². The molecule has 1 aliphatic rings. The van der Waals surface area contributed by atoms with E-state index < -0.39 is 12.1 Å². The molecule has 10 heteroatoms. The number of rotatable bonds is 3. The monoisotopic (exact) mass is 440 g/mol. The molecule has 158 valence electrons. The number of H-pyrrole nitrogens is 1. The number of benzene rings is 2. The highest BCUT2D eigenvalue weighted by atomic mass is 35.5. The first kappa shape index (κ1) is 19.4. The molecule has 1 aliphatic heterocycles. The topological polar surface area (TPSA) is 103 Å². The van der Waals surface area contributed by atoms with Crippen LogP contribution in [0.1, 0.15) is 22.9 Å². The summed E-state index contributed by atoms with van der Waals surface area (Å²) < 4.78 is 14.9. The van der Waals surface area contributed by atoms with Crippen molar-refractivity contribution in [2.75, 3.05) is 14.2 Å². The lowest BCUT2D eigenvalue weighted by atomic mass is 9.97. The van der Waals surface area contributed by atoms with Crippen molar-refractivity contribution in [3.8, 4) is 17.5 Å². The molecule has 9 nitrogen and oxygen atoms in total. The highest BCUT2D eigenvalue weighted by Crippen LogP contribution is 2.40. The zero-order valence-corrected chi connectivity index (χ0v) is 17.3. The molecule has 0 fully saturated rings. The highest BCUT2D eigenvalue weighted by Gasteiger charge is 2.36. The summed E-state index contributed by atoms with van der Waals surface area (Å²) in [5.41, 5.74) is 4.23. The predicted molar refractivity (Wildman–Crippen MR) is 110 cm³/mol. The number of halogens is 1. The molecule has 1 atom stereocenters. The molecule has 1 amide bonds. The van der Waals surface area contributed by atoms with Crippen LogP contribution in [-0.4, -0.2) is 40.5 Å². The summed E-state index contributed by atoms with van der Waals surface area (Å²) in [7, 11) is 2.77. The predicted octanol–water partition coefficient (Wildman–Crippen LogP) is 4.48. The van der Waals surface area contributed by atoms with Gasteiger partial charge in [-0.15, -0.1) is 0 Å². The number of ether oxygens (including phenoxy) is 2. The quantitative estimate of drug-likeness (QED) is 0.500. The number of carbonyl (C=O) groups excluding carboxylic acids is 1. The highest BCUT2D eigenvalue weighted by molar-refractivity contribution is 6.31. The van der Waals surface area contributed by atoms with Crippen molar-refractivity contribution in [3.05, 3.63) is 64.3 Å². The number of nitrogens with one attached hydrogen (secondary N) is 1. The van der Waals surface area contributed by atoms with Gasteiger partial charge in [0, 0.05) is 27.1 Å². The second-order valence-corrected chi connectivity index (χ2v) is 7.33. The van der Waals surface area contributed by atoms with Crippen molar-refractivity contribution in [3.63, 3.8) is 0 Å². The largest absolute Gasteiger partial charge is 0.452 e. The molecule has 1 N–H and O–H groups in total. The van der Waals surface area contributed by atoms with Gasteiger partial charge in [0.05, 0.1) is 19.9 Å². The molecule has 4 aromatic rings. The van der Waals surface area contributed by atoms with Gasteiger partial charge in [-0.3, -0.25) is 9.36 Å². The molecule has 1 unspecified atom stereocenters. The van der Waals surface area contributed by atoms with E-state index in [1.165, 1.54) is 19.3 Å². The van der Waals surface area contributed by atoms with E-state index in [1.54, 1.807) is 0 Å². The van der Waals surface area contributed by atoms with Crippen LogP contribution >= 0.6 is 11.6 Å². The van der Waals surface area contributed by atoms with E-state index in [0.29, 0.717) is 10.8 Å². The van der Waals surface area contributed by atoms with Crippen molar-refractivity contribution < 1.29 is 23.6 Å². The Morgan fingerprint density at radius 1 is 1.23 bits per heavy atom. The van der Waals surface area contributed by atoms with E-state index >= 15 is 0 Å². The van der Waals surface area contributed by atoms with Gasteiger partial charge in [0.1, 0.15) is 12.6 Å². The Bertz CT molecular complexity index is 1270. The summed E-state index contributed by atoms with van der Waals surface area (Å²) in [4.78, 5) is 25.8. The van der Waals surface area contributed by atoms with Gasteiger partial charge >= 0.3 is 12.2 Å². The first-order valence-electron chi connectivity index (χ1n) is 9.37. The first-order chi connectivity index (χ1) is 15.1. The minimum absolute atomic E-state index is 0.0815. The van der Waals surface area contributed by atoms with Crippen molar-refractivity contribution in [1.82, 2.24) is 20.2 Å². The molecule has 0 radical (unpaired) electrons. The van der Waals surface area contributed by atoms with Gasteiger partial charge in [0.2, 0.25) is 5.82 Å². The Labute approximate surface area is 181 Å². The Kier molecular flexibility index (Phi) is 4.76. The summed E-state index contributed by atoms with van der Waals surface area (Å²) in [6.45, 7) is 0.210. The molecule has 0 aliphatic carbocycles. The van der Waals surface area contributed by atoms with Crippen LogP contribution in [-0.2, 0) is 16.2 Å². The molecule has 0 spiro atoms. The van der Waals surface area contributed by atoms with Crippen molar-refractivity contribution in [2.45, 2.75) is 12.6 Å². The third-order valence-electron chi connectivity index (χ3n) is 5.18. The van der Waals surface area contributed by atoms with Gasteiger partial charge < -0.3 is 14.5 Å². The lowest BCUT2D eigenvalue weighted by Crippen LogP contribution is -2.38. The fourth-order valence-electron chi connectivity index (χ4n) is 3.73. The zero-order valence-electron chi connectivity index (χ0n) is 16.6. The maximum absolute atomic E-state index is 12.5. The van der Waals surface area contributed by atoms with Crippen LogP contribution in [0.2, 0.25) is 5.02 Å². The van der Waals surface area contributed by atoms with E-state index in [1.807, 2.05) is 42.5 Å². The van der Waals surface area contributed by atoms with Crippen LogP contribution < -0.4 is 4.74 Å². The second kappa shape index (κ2) is 7.60. The number of amides is 1. The Morgan fingerprint density at radius 2 is 2.03 bits per heavy atom. The standard InChI is InChI=1S/C21H17ClN4O5/c1-28-20-24-19(25-31-20)12-5-3-11(4-6-12)18-17-15(10-30-26(18)21(27)29-2)14-9-13(22)7-8-16(14)23-17/h3-9,18,23H,10H2,1-2H3. The fraction of sp³-hybridized carbons (Fsp3) is 0.190. The Morgan fingerprint density at radius 3 is 2.74 bits per heavy atom. The summed E-state index contributed by atoms with van der Waals surface area (Å²) in [6, 6.07) is 12.5. The van der Waals surface area contributed by atoms with E-state index in [-0.39, 0.29) is 12.7 Å². The van der Waals surface area contributed by atoms with Crippen LogP contribution in [0.4, 0.5) is 4.79 Å². The van der Waals surface area contributed by atoms with Crippen LogP contribution in [0.3, 0.4) is 0 Å². The molecule has 2 aromatic heterocycles. The maximum Gasteiger partial charge on any atom is 0.434 e. The number of carbonyl (C=O) groups is 1. The third-order valence-corrected chi connectivity index (χ3v) is 5.41. The number of hydrogen-bond donors (Lipinski definition) is 1. The van der Waals surface area contributed by atoms with Crippen molar-refractivity contribution in [2.24, 2.45) is 0 Å². The van der Waals surface area contributed by atoms with Crippen molar-refractivity contribution in [1.29, 1.82) is 0 Å². The number of nitrogens with zero attached hydrogens (tertiary/aromatic N) is 3. The minimum atomic E-state index is -0.598. The SMILES string of the molecule is COC(=O)N1OCc2c([nH]c3ccc(Cl)cc23)C1c1ccc(-c2noc(OC)n2)cc1. The number of aromatic amines is 1. The normalized spacial score (nSPS) is 15.7. The average Bonchev–Trinajstić information content (AvgIpc) is 3.42. The number of methoxy groups -OCH3 is 2. The van der Waals surface area contributed by atoms with Gasteiger partial charge in [-0.25, -0.2) is 4.79 Å². The molecular weight excluding hydrogens is 424 g/mol. The van der Waals surface area contributed by atoms with E-state index in [2.05, 4.69) is 15.1 Å². The van der Waals surface area contributed by atoms with Crippen LogP contribution in [0.15, 0.2) is 47.0 Å². The lowest BCUT2D eigenvalue weighted by Gasteiger charge is -2.33. The number of aromatic nitrogens is 3. The van der Waals surface area contributed by atoms with Gasteiger partial charge in [0.15, 0.2) is 0 Å². The Hall–Kier alpha value is -3.56. The fourth-order valence-corrected chi connectivity index (χ4v) is 3.90. The molecule has 2 aromatic carbocycles. The summed E-state index contributed by atoms with van der Waals surface area (Å²) in [5, 5.41) is 6.70. The summed E-state index contributed by atoms with van der Waals surface area (Å²) in [5.74, 6) is 0.397. The van der Waals surface area contributed by atoms with Gasteiger partial charge in [-0.05, 0) is 23.8 Å². The molecule has 31 heavy (non-hydrogen) atoms. The molecule has 5 rings (SSSR count). The minimum Gasteiger partial charge on any atom is -0.452 e. The van der Waals surface area contributed by atoms with E-state index in [0.717, 1.165) is 33.3 Å². The van der Waals surface area contributed by atoms with Crippen LogP contribution in [0, 0.1) is 0 Å². The smallest absolute Gasteiger partial charge is 0.434 e. The summed E-state index contributed by atoms with van der Waals surface area (Å²) in [6.07, 6.45) is -0.516. The van der Waals surface area contributed by atoms with Gasteiger partial charge in [-0.1, -0.05) is 41.0 Å². The summed E-state index contributed by atoms with van der Waals surface area (Å²) >= 11 is 6.19. The van der Waals surface area contributed by atoms with Gasteiger partial charge in [-0.2, -0.15) is 10.0 Å². The van der Waals surface area contributed by atoms with Crippen molar-refractivity contribution >= 4 is 28.6 Å². The number of hydroxylamine groups is 2.